The van der Waals surface area contributed by atoms with E-state index >= 15 is 8.78 Å². The summed E-state index contributed by atoms with van der Waals surface area (Å²) < 4.78 is 31.0. The van der Waals surface area contributed by atoms with Crippen molar-refractivity contribution < 1.29 is 89.5 Å². The number of alkyl halides is 2. The zero-order valence-electron chi connectivity index (χ0n) is 29.4. The number of halogens is 2. The number of allylic oxidation sites excluding steroid dienone is 1. The minimum absolute atomic E-state index is 0. The molecule has 10 nitrogen and oxygen atoms in total. The molecule has 0 aromatic heterocycles. The SMILES string of the molecule is CC.N=C(N)/C(=C\C(=N)c1ccccc1O)c1ccc(N2CCC(N3CCC(c4ccc(NC(O)CCO)cc4)C(F)(F)C3)CC2)cc1.[NH2-].[Y].[Y]. The van der Waals surface area contributed by atoms with Crippen molar-refractivity contribution in [3.8, 4) is 5.75 Å². The van der Waals surface area contributed by atoms with Gasteiger partial charge >= 0.3 is 0 Å². The van der Waals surface area contributed by atoms with Gasteiger partial charge in [-0.25, -0.2) is 8.78 Å². The van der Waals surface area contributed by atoms with Crippen molar-refractivity contribution in [1.29, 1.82) is 10.8 Å². The molecule has 2 aliphatic heterocycles. The average molecular weight is 857 g/mol. The minimum Gasteiger partial charge on any atom is -0.693 e. The third-order valence-corrected chi connectivity index (χ3v) is 8.97. The molecule has 0 bridgehead atoms. The number of aliphatic hydroxyl groups is 2. The predicted molar refractivity (Wildman–Crippen MR) is 195 cm³/mol. The van der Waals surface area contributed by atoms with Gasteiger partial charge in [0.25, 0.3) is 5.92 Å². The second kappa shape index (κ2) is 22.2. The molecule has 0 saturated carbocycles. The van der Waals surface area contributed by atoms with Gasteiger partial charge in [0.2, 0.25) is 0 Å². The molecular weight excluding hydrogens is 806 g/mol. The number of para-hydroxylation sites is 1. The molecule has 2 unspecified atom stereocenters. The van der Waals surface area contributed by atoms with Crippen molar-refractivity contribution in [2.45, 2.75) is 63.6 Å². The largest absolute Gasteiger partial charge is 0.693 e. The molecule has 2 saturated heterocycles. The standard InChI is InChI=1S/C35H42F2N6O3.C2H6.H2N.2Y/c36-35(37)22-43(19-15-30(35)24-5-9-25(10-6-24)41-33(46)16-20-44)27-13-17-42(18-14-27)26-11-7-23(8-12-26)29(34(39)40)21-31(38)28-3-1-2-4-32(28)45;1-2;;;/h1-12,21,27,30,33,38,41,44-46H,13-20,22H2,(H3,39,40);1-2H3;1H2;;/q;;-1;;/b29-21-,38-31?;;;;. The summed E-state index contributed by atoms with van der Waals surface area (Å²) in [7, 11) is 0. The average Bonchev–Trinajstić information content (AvgIpc) is 3.08. The monoisotopic (exact) mass is 856 g/mol. The number of nitrogens with one attached hydrogen (secondary N) is 3. The van der Waals surface area contributed by atoms with E-state index in [0.29, 0.717) is 40.9 Å². The molecule has 2 atom stereocenters. The molecule has 272 valence electrons. The number of nitrogens with zero attached hydrogens (tertiary/aromatic N) is 2. The molecule has 3 aromatic carbocycles. The van der Waals surface area contributed by atoms with Gasteiger partial charge < -0.3 is 42.8 Å². The number of nitrogens with two attached hydrogens (primary N) is 2. The predicted octanol–water partition coefficient (Wildman–Crippen LogP) is 6.72. The number of phenolic OH excluding ortho intramolecular Hbond substituents is 1. The van der Waals surface area contributed by atoms with Gasteiger partial charge in [-0.2, -0.15) is 0 Å². The van der Waals surface area contributed by atoms with Crippen LogP contribution < -0.4 is 16.0 Å². The van der Waals surface area contributed by atoms with E-state index in [1.165, 1.54) is 12.1 Å². The van der Waals surface area contributed by atoms with Crippen molar-refractivity contribution in [3.63, 3.8) is 0 Å². The molecular formula is C37H50F2N7O3Y2-. The summed E-state index contributed by atoms with van der Waals surface area (Å²) >= 11 is 0. The fourth-order valence-corrected chi connectivity index (χ4v) is 6.47. The van der Waals surface area contributed by atoms with Gasteiger partial charge in [0.15, 0.2) is 0 Å². The fraction of sp³-hybridized carbons (Fsp3) is 0.405. The van der Waals surface area contributed by atoms with E-state index in [1.807, 2.05) is 43.0 Å². The number of aromatic hydroxyl groups is 1. The number of aliphatic hydroxyl groups excluding tert-OH is 2. The third kappa shape index (κ3) is 12.5. The van der Waals surface area contributed by atoms with Gasteiger partial charge in [-0.15, -0.1) is 0 Å². The second-order valence-electron chi connectivity index (χ2n) is 12.0. The Labute approximate surface area is 350 Å². The number of benzene rings is 3. The Hall–Kier alpha value is -2.15. The summed E-state index contributed by atoms with van der Waals surface area (Å²) in [5, 5.41) is 48.2. The number of rotatable bonds is 11. The molecule has 5 rings (SSSR count). The molecule has 0 aliphatic carbocycles. The van der Waals surface area contributed by atoms with E-state index in [0.717, 1.165) is 31.6 Å². The molecule has 3 aromatic rings. The van der Waals surface area contributed by atoms with E-state index in [1.54, 1.807) is 42.5 Å². The van der Waals surface area contributed by atoms with Crippen molar-refractivity contribution in [2.75, 3.05) is 43.0 Å². The number of hydrogen-bond acceptors (Lipinski definition) is 8. The summed E-state index contributed by atoms with van der Waals surface area (Å²) in [6, 6.07) is 21.0. The van der Waals surface area contributed by atoms with Crippen molar-refractivity contribution in [3.05, 3.63) is 102 Å². The topological polar surface area (TPSA) is 186 Å². The number of phenols is 1. The Kier molecular flexibility index (Phi) is 20.4. The Morgan fingerprint density at radius 2 is 1.57 bits per heavy atom. The molecule has 2 fully saturated rings. The summed E-state index contributed by atoms with van der Waals surface area (Å²) in [5.74, 6) is -3.93. The fourth-order valence-electron chi connectivity index (χ4n) is 6.47. The smallest absolute Gasteiger partial charge is 0.267 e. The van der Waals surface area contributed by atoms with Crippen LogP contribution >= 0.6 is 0 Å². The summed E-state index contributed by atoms with van der Waals surface area (Å²) in [6.45, 7) is 5.65. The molecule has 14 heteroatoms. The van der Waals surface area contributed by atoms with Crippen LogP contribution in [0.4, 0.5) is 20.2 Å². The van der Waals surface area contributed by atoms with E-state index < -0.39 is 18.1 Å². The van der Waals surface area contributed by atoms with E-state index in [4.69, 9.17) is 21.7 Å². The molecule has 0 amide bonds. The Bertz CT molecular complexity index is 1550. The van der Waals surface area contributed by atoms with Crippen LogP contribution in [-0.4, -0.2) is 82.7 Å². The van der Waals surface area contributed by atoms with Crippen LogP contribution in [0, 0.1) is 10.8 Å². The Balaban J connectivity index is 0.00000256. The van der Waals surface area contributed by atoms with Gasteiger partial charge in [0, 0.05) is 120 Å². The first kappa shape index (κ1) is 46.9. The van der Waals surface area contributed by atoms with Crippen LogP contribution in [-0.2, 0) is 65.4 Å². The van der Waals surface area contributed by atoms with E-state index in [9.17, 15) is 10.2 Å². The van der Waals surface area contributed by atoms with Crippen molar-refractivity contribution in [2.24, 2.45) is 5.73 Å². The second-order valence-corrected chi connectivity index (χ2v) is 12.0. The normalized spacial score (nSPS) is 18.0. The molecule has 10 N–H and O–H groups in total. The molecule has 51 heavy (non-hydrogen) atoms. The molecule has 2 heterocycles. The Morgan fingerprint density at radius 1 is 0.961 bits per heavy atom. The third-order valence-electron chi connectivity index (χ3n) is 8.97. The number of amidine groups is 1. The summed E-state index contributed by atoms with van der Waals surface area (Å²) in [5.41, 5.74) is 9.52. The number of hydrogen-bond donors (Lipinski definition) is 7. The maximum Gasteiger partial charge on any atom is 0.267 e. The quantitative estimate of drug-likeness (QED) is 0.0634. The Morgan fingerprint density at radius 3 is 2.12 bits per heavy atom. The van der Waals surface area contributed by atoms with E-state index in [-0.39, 0.29) is 114 Å². The van der Waals surface area contributed by atoms with Gasteiger partial charge in [0.05, 0.1) is 18.2 Å². The molecule has 0 spiro atoms. The molecule has 2 aliphatic rings. The van der Waals surface area contributed by atoms with E-state index in [2.05, 4.69) is 10.2 Å². The van der Waals surface area contributed by atoms with Crippen LogP contribution in [0.15, 0.2) is 78.9 Å². The zero-order chi connectivity index (χ0) is 34.8. The van der Waals surface area contributed by atoms with Crippen molar-refractivity contribution >= 4 is 28.5 Å². The number of anilines is 2. The maximum absolute atomic E-state index is 15.5. The van der Waals surface area contributed by atoms with Gasteiger partial charge in [-0.3, -0.25) is 10.3 Å². The van der Waals surface area contributed by atoms with Crippen molar-refractivity contribution in [1.82, 2.24) is 4.90 Å². The van der Waals surface area contributed by atoms with Crippen LogP contribution in [0.3, 0.4) is 0 Å². The minimum atomic E-state index is -2.87. The molecule has 2 radical (unpaired) electrons. The van der Waals surface area contributed by atoms with Crippen LogP contribution in [0.5, 0.6) is 5.75 Å². The first-order valence-corrected chi connectivity index (χ1v) is 16.6. The summed E-state index contributed by atoms with van der Waals surface area (Å²) in [4.78, 5) is 4.18. The number of piperidine rings is 2. The van der Waals surface area contributed by atoms with Gasteiger partial charge in [-0.1, -0.05) is 50.2 Å². The number of likely N-dealkylation sites (tertiary alicyclic amines) is 1. The van der Waals surface area contributed by atoms with Gasteiger partial charge in [0.1, 0.15) is 17.8 Å². The zero-order valence-corrected chi connectivity index (χ0v) is 35.1. The first-order chi connectivity index (χ1) is 23.1. The van der Waals surface area contributed by atoms with Crippen LogP contribution in [0.2, 0.25) is 0 Å². The maximum atomic E-state index is 15.5. The first-order valence-electron chi connectivity index (χ1n) is 16.6. The summed E-state index contributed by atoms with van der Waals surface area (Å²) in [6.07, 6.45) is 2.67. The van der Waals surface area contributed by atoms with Gasteiger partial charge in [-0.05, 0) is 79.4 Å². The van der Waals surface area contributed by atoms with Crippen LogP contribution in [0.25, 0.3) is 11.7 Å². The van der Waals surface area contributed by atoms with Crippen LogP contribution in [0.1, 0.15) is 62.1 Å².